The monoisotopic (exact) mass is 352 g/mol. The predicted octanol–water partition coefficient (Wildman–Crippen LogP) is 2.90. The molecule has 0 bridgehead atoms. The van der Waals surface area contributed by atoms with Crippen LogP contribution in [0.5, 0.6) is 0 Å². The molecule has 0 atom stereocenters. The van der Waals surface area contributed by atoms with Gasteiger partial charge in [-0.1, -0.05) is 15.9 Å². The highest BCUT2D eigenvalue weighted by Gasteiger charge is 2.15. The van der Waals surface area contributed by atoms with Crippen LogP contribution in [0.1, 0.15) is 17.1 Å². The van der Waals surface area contributed by atoms with Gasteiger partial charge in [-0.05, 0) is 24.3 Å². The van der Waals surface area contributed by atoms with E-state index >= 15 is 0 Å². The Bertz CT molecular complexity index is 670. The van der Waals surface area contributed by atoms with Gasteiger partial charge in [0.2, 0.25) is 0 Å². The van der Waals surface area contributed by atoms with Gasteiger partial charge in [0.25, 0.3) is 5.56 Å². The van der Waals surface area contributed by atoms with Crippen LogP contribution in [0.2, 0.25) is 0 Å². The van der Waals surface area contributed by atoms with E-state index in [9.17, 15) is 4.79 Å². The number of ether oxygens (including phenoxy) is 1. The molecule has 0 radical (unpaired) electrons. The minimum absolute atomic E-state index is 0.0684. The second-order valence-electron chi connectivity index (χ2n) is 4.48. The third kappa shape index (κ3) is 3.13. The van der Waals surface area contributed by atoms with Crippen molar-refractivity contribution in [2.45, 2.75) is 23.7 Å². The molecule has 1 aromatic heterocycles. The van der Waals surface area contributed by atoms with Gasteiger partial charge in [-0.3, -0.25) is 4.79 Å². The lowest BCUT2D eigenvalue weighted by Crippen LogP contribution is -2.25. The SMILES string of the molecule is O=c1[nH]c(CSc2ccc(Br)cc2)nc2c1COCC2. The van der Waals surface area contributed by atoms with Crippen LogP contribution in [0.3, 0.4) is 0 Å². The zero-order valence-electron chi connectivity index (χ0n) is 10.7. The molecule has 0 spiro atoms. The number of aromatic nitrogens is 2. The summed E-state index contributed by atoms with van der Waals surface area (Å²) < 4.78 is 6.35. The molecule has 0 saturated heterocycles. The highest BCUT2D eigenvalue weighted by molar-refractivity contribution is 9.10. The van der Waals surface area contributed by atoms with Crippen molar-refractivity contribution in [3.8, 4) is 0 Å². The number of fused-ring (bicyclic) bond motifs is 1. The van der Waals surface area contributed by atoms with Gasteiger partial charge in [-0.2, -0.15) is 0 Å². The Morgan fingerprint density at radius 2 is 2.15 bits per heavy atom. The van der Waals surface area contributed by atoms with Gasteiger partial charge in [0.1, 0.15) is 5.82 Å². The van der Waals surface area contributed by atoms with Crippen molar-refractivity contribution in [3.05, 3.63) is 56.2 Å². The highest BCUT2D eigenvalue weighted by Crippen LogP contribution is 2.23. The second kappa shape index (κ2) is 6.11. The minimum Gasteiger partial charge on any atom is -0.376 e. The van der Waals surface area contributed by atoms with Crippen molar-refractivity contribution in [1.82, 2.24) is 9.97 Å². The van der Waals surface area contributed by atoms with Crippen molar-refractivity contribution in [3.63, 3.8) is 0 Å². The van der Waals surface area contributed by atoms with Gasteiger partial charge in [0.15, 0.2) is 0 Å². The number of hydrogen-bond donors (Lipinski definition) is 1. The van der Waals surface area contributed by atoms with Gasteiger partial charge < -0.3 is 9.72 Å². The van der Waals surface area contributed by atoms with E-state index in [-0.39, 0.29) is 5.56 Å². The van der Waals surface area contributed by atoms with Gasteiger partial charge >= 0.3 is 0 Å². The van der Waals surface area contributed by atoms with Crippen molar-refractivity contribution in [1.29, 1.82) is 0 Å². The lowest BCUT2D eigenvalue weighted by atomic mass is 10.1. The molecular weight excluding hydrogens is 340 g/mol. The number of hydrogen-bond acceptors (Lipinski definition) is 4. The van der Waals surface area contributed by atoms with E-state index in [0.29, 0.717) is 24.5 Å². The molecule has 20 heavy (non-hydrogen) atoms. The Hall–Kier alpha value is -1.11. The quantitative estimate of drug-likeness (QED) is 0.863. The largest absolute Gasteiger partial charge is 0.376 e. The first-order valence-electron chi connectivity index (χ1n) is 6.29. The molecule has 1 aliphatic heterocycles. The lowest BCUT2D eigenvalue weighted by molar-refractivity contribution is 0.108. The molecule has 0 fully saturated rings. The van der Waals surface area contributed by atoms with E-state index in [4.69, 9.17) is 4.74 Å². The fourth-order valence-corrected chi connectivity index (χ4v) is 3.08. The maximum Gasteiger partial charge on any atom is 0.256 e. The third-order valence-corrected chi connectivity index (χ3v) is 4.62. The summed E-state index contributed by atoms with van der Waals surface area (Å²) in [5.74, 6) is 1.38. The maximum atomic E-state index is 11.9. The molecule has 0 saturated carbocycles. The normalized spacial score (nSPS) is 14.1. The Labute approximate surface area is 129 Å². The molecule has 2 heterocycles. The van der Waals surface area contributed by atoms with Gasteiger partial charge in [0.05, 0.1) is 30.2 Å². The zero-order chi connectivity index (χ0) is 13.9. The average Bonchev–Trinajstić information content (AvgIpc) is 2.47. The summed E-state index contributed by atoms with van der Waals surface area (Å²) >= 11 is 5.07. The summed E-state index contributed by atoms with van der Waals surface area (Å²) in [5, 5.41) is 0. The summed E-state index contributed by atoms with van der Waals surface area (Å²) in [7, 11) is 0. The number of halogens is 1. The molecule has 0 aliphatic carbocycles. The Morgan fingerprint density at radius 1 is 1.35 bits per heavy atom. The van der Waals surface area contributed by atoms with Gasteiger partial charge in [0, 0.05) is 15.8 Å². The molecule has 6 heteroatoms. The van der Waals surface area contributed by atoms with Crippen LogP contribution in [-0.2, 0) is 23.5 Å². The topological polar surface area (TPSA) is 55.0 Å². The molecule has 104 valence electrons. The van der Waals surface area contributed by atoms with Crippen molar-refractivity contribution < 1.29 is 4.74 Å². The van der Waals surface area contributed by atoms with Gasteiger partial charge in [-0.15, -0.1) is 11.8 Å². The Balaban J connectivity index is 1.76. The first-order chi connectivity index (χ1) is 9.72. The molecule has 4 nitrogen and oxygen atoms in total. The Morgan fingerprint density at radius 3 is 2.95 bits per heavy atom. The fraction of sp³-hybridized carbons (Fsp3) is 0.286. The number of H-pyrrole nitrogens is 1. The van der Waals surface area contributed by atoms with Crippen molar-refractivity contribution in [2.24, 2.45) is 0 Å². The number of nitrogens with one attached hydrogen (secondary N) is 1. The van der Waals surface area contributed by atoms with Crippen molar-refractivity contribution in [2.75, 3.05) is 6.61 Å². The van der Waals surface area contributed by atoms with Crippen LogP contribution >= 0.6 is 27.7 Å². The lowest BCUT2D eigenvalue weighted by Gasteiger charge is -2.15. The third-order valence-electron chi connectivity index (χ3n) is 3.07. The first-order valence-corrected chi connectivity index (χ1v) is 8.07. The van der Waals surface area contributed by atoms with Crippen LogP contribution < -0.4 is 5.56 Å². The molecule has 1 aromatic carbocycles. The summed E-state index contributed by atoms with van der Waals surface area (Å²) in [4.78, 5) is 20.5. The minimum atomic E-state index is -0.0684. The molecule has 3 rings (SSSR count). The molecule has 0 unspecified atom stereocenters. The first kappa shape index (κ1) is 13.9. The van der Waals surface area contributed by atoms with E-state index < -0.39 is 0 Å². The van der Waals surface area contributed by atoms with Crippen LogP contribution in [0.4, 0.5) is 0 Å². The van der Waals surface area contributed by atoms with E-state index in [1.54, 1.807) is 11.8 Å². The van der Waals surface area contributed by atoms with Crippen LogP contribution in [0.25, 0.3) is 0 Å². The molecule has 0 amide bonds. The molecular formula is C14H13BrN2O2S. The highest BCUT2D eigenvalue weighted by atomic mass is 79.9. The molecule has 1 aliphatic rings. The second-order valence-corrected chi connectivity index (χ2v) is 6.45. The summed E-state index contributed by atoms with van der Waals surface area (Å²) in [6.45, 7) is 1.01. The van der Waals surface area contributed by atoms with E-state index in [2.05, 4.69) is 25.9 Å². The number of benzene rings is 1. The van der Waals surface area contributed by atoms with Crippen LogP contribution in [0.15, 0.2) is 38.4 Å². The van der Waals surface area contributed by atoms with Crippen LogP contribution in [-0.4, -0.2) is 16.6 Å². The number of aromatic amines is 1. The standard InChI is InChI=1S/C14H13BrN2O2S/c15-9-1-3-10(4-2-9)20-8-13-16-12-5-6-19-7-11(12)14(18)17-13/h1-4H,5-8H2,(H,16,17,18). The average molecular weight is 353 g/mol. The zero-order valence-corrected chi connectivity index (χ0v) is 13.1. The van der Waals surface area contributed by atoms with Gasteiger partial charge in [-0.25, -0.2) is 4.98 Å². The molecule has 1 N–H and O–H groups in total. The van der Waals surface area contributed by atoms with E-state index in [1.807, 2.05) is 24.3 Å². The summed E-state index contributed by atoms with van der Waals surface area (Å²) in [6, 6.07) is 8.09. The van der Waals surface area contributed by atoms with E-state index in [1.165, 1.54) is 0 Å². The summed E-state index contributed by atoms with van der Waals surface area (Å²) in [5.41, 5.74) is 1.49. The fourth-order valence-electron chi connectivity index (χ4n) is 2.05. The summed E-state index contributed by atoms with van der Waals surface area (Å²) in [6.07, 6.45) is 0.717. The molecule has 2 aromatic rings. The predicted molar refractivity (Wildman–Crippen MR) is 81.9 cm³/mol. The smallest absolute Gasteiger partial charge is 0.256 e. The van der Waals surface area contributed by atoms with E-state index in [0.717, 1.165) is 27.3 Å². The number of rotatable bonds is 3. The Kier molecular flexibility index (Phi) is 4.24. The number of nitrogens with zero attached hydrogens (tertiary/aromatic N) is 1. The maximum absolute atomic E-state index is 11.9. The number of thioether (sulfide) groups is 1. The van der Waals surface area contributed by atoms with Crippen LogP contribution in [0, 0.1) is 0 Å². The van der Waals surface area contributed by atoms with Crippen molar-refractivity contribution >= 4 is 27.7 Å².